The van der Waals surface area contributed by atoms with Crippen molar-refractivity contribution in [1.82, 2.24) is 15.4 Å². The summed E-state index contributed by atoms with van der Waals surface area (Å²) in [5.41, 5.74) is 3.40. The highest BCUT2D eigenvalue weighted by Gasteiger charge is 2.09. The monoisotopic (exact) mass is 285 g/mol. The van der Waals surface area contributed by atoms with Crippen LogP contribution in [0.3, 0.4) is 0 Å². The fourth-order valence-electron chi connectivity index (χ4n) is 1.52. The second kappa shape index (κ2) is 6.33. The molecule has 0 radical (unpaired) electrons. The van der Waals surface area contributed by atoms with Crippen LogP contribution in [0.15, 0.2) is 48.0 Å². The van der Waals surface area contributed by atoms with Crippen LogP contribution in [0, 0.1) is 10.1 Å². The molecule has 0 saturated heterocycles. The summed E-state index contributed by atoms with van der Waals surface area (Å²) in [6, 6.07) is 5.99. The predicted octanol–water partition coefficient (Wildman–Crippen LogP) is 1.54. The Hall–Kier alpha value is -3.16. The second-order valence-electron chi connectivity index (χ2n) is 4.04. The smallest absolute Gasteiger partial charge is 0.265 e. The van der Waals surface area contributed by atoms with Crippen LogP contribution in [-0.4, -0.2) is 26.5 Å². The Balaban J connectivity index is 2.13. The number of benzene rings is 1. The van der Waals surface area contributed by atoms with Gasteiger partial charge in [0.1, 0.15) is 5.69 Å². The van der Waals surface area contributed by atoms with Crippen molar-refractivity contribution < 1.29 is 9.72 Å². The number of rotatable bonds is 4. The molecule has 8 heteroatoms. The van der Waals surface area contributed by atoms with E-state index < -0.39 is 10.8 Å². The van der Waals surface area contributed by atoms with Crippen molar-refractivity contribution in [1.29, 1.82) is 0 Å². The maximum absolute atomic E-state index is 11.7. The first-order chi connectivity index (χ1) is 10.1. The molecular formula is C13H11N5O3. The summed E-state index contributed by atoms with van der Waals surface area (Å²) in [5, 5.41) is 14.6. The van der Waals surface area contributed by atoms with Gasteiger partial charge in [0.2, 0.25) is 0 Å². The highest BCUT2D eigenvalue weighted by molar-refractivity contribution is 6.00. The third-order valence-corrected chi connectivity index (χ3v) is 2.60. The summed E-state index contributed by atoms with van der Waals surface area (Å²) in [5.74, 6) is -0.507. The van der Waals surface area contributed by atoms with Gasteiger partial charge in [-0.3, -0.25) is 19.9 Å². The van der Waals surface area contributed by atoms with Gasteiger partial charge in [-0.15, -0.1) is 0 Å². The average Bonchev–Trinajstić information content (AvgIpc) is 2.53. The van der Waals surface area contributed by atoms with Gasteiger partial charge in [-0.25, -0.2) is 10.4 Å². The molecule has 21 heavy (non-hydrogen) atoms. The van der Waals surface area contributed by atoms with E-state index in [4.69, 9.17) is 0 Å². The first-order valence-corrected chi connectivity index (χ1v) is 5.93. The molecule has 2 rings (SSSR count). The minimum Gasteiger partial charge on any atom is -0.265 e. The molecule has 8 nitrogen and oxygen atoms in total. The third kappa shape index (κ3) is 3.66. The van der Waals surface area contributed by atoms with Crippen LogP contribution in [-0.2, 0) is 0 Å². The Morgan fingerprint density at radius 3 is 2.86 bits per heavy atom. The topological polar surface area (TPSA) is 110 Å². The van der Waals surface area contributed by atoms with Crippen LogP contribution < -0.4 is 5.43 Å². The number of aromatic nitrogens is 2. The number of amides is 1. The fraction of sp³-hybridized carbons (Fsp3) is 0.0769. The number of hydrazone groups is 1. The number of nitrogens with zero attached hydrogens (tertiary/aromatic N) is 4. The van der Waals surface area contributed by atoms with Crippen molar-refractivity contribution >= 4 is 17.3 Å². The quantitative estimate of drug-likeness (QED) is 0.520. The average molecular weight is 285 g/mol. The standard InChI is InChI=1S/C13H11N5O3/c1-9(10-3-2-4-11(7-10)18(20)21)16-17-13(19)12-8-14-5-6-15-12/h2-8H,1H3,(H,17,19)/b16-9-. The molecule has 106 valence electrons. The molecule has 0 aliphatic rings. The lowest BCUT2D eigenvalue weighted by atomic mass is 10.1. The van der Waals surface area contributed by atoms with Crippen LogP contribution in [0.5, 0.6) is 0 Å². The van der Waals surface area contributed by atoms with E-state index in [2.05, 4.69) is 20.5 Å². The predicted molar refractivity (Wildman–Crippen MR) is 74.8 cm³/mol. The molecule has 0 spiro atoms. The van der Waals surface area contributed by atoms with Crippen LogP contribution in [0.25, 0.3) is 0 Å². The van der Waals surface area contributed by atoms with Gasteiger partial charge in [-0.1, -0.05) is 12.1 Å². The molecule has 0 atom stereocenters. The van der Waals surface area contributed by atoms with E-state index in [0.29, 0.717) is 11.3 Å². The summed E-state index contributed by atoms with van der Waals surface area (Å²) < 4.78 is 0. The zero-order chi connectivity index (χ0) is 15.2. The molecule has 1 N–H and O–H groups in total. The fourth-order valence-corrected chi connectivity index (χ4v) is 1.52. The van der Waals surface area contributed by atoms with Gasteiger partial charge in [-0.05, 0) is 6.92 Å². The number of nitro groups is 1. The number of nitro benzene ring substituents is 1. The van der Waals surface area contributed by atoms with Gasteiger partial charge in [0.05, 0.1) is 16.8 Å². The highest BCUT2D eigenvalue weighted by Crippen LogP contribution is 2.13. The van der Waals surface area contributed by atoms with E-state index in [1.54, 1.807) is 19.1 Å². The van der Waals surface area contributed by atoms with Crippen LogP contribution >= 0.6 is 0 Å². The van der Waals surface area contributed by atoms with Crippen molar-refractivity contribution in [2.45, 2.75) is 6.92 Å². The number of nitrogens with one attached hydrogen (secondary N) is 1. The maximum atomic E-state index is 11.7. The third-order valence-electron chi connectivity index (χ3n) is 2.60. The van der Waals surface area contributed by atoms with Crippen molar-refractivity contribution in [2.75, 3.05) is 0 Å². The van der Waals surface area contributed by atoms with Crippen LogP contribution in [0.2, 0.25) is 0 Å². The van der Waals surface area contributed by atoms with Gasteiger partial charge in [-0.2, -0.15) is 5.10 Å². The van der Waals surface area contributed by atoms with Gasteiger partial charge < -0.3 is 0 Å². The van der Waals surface area contributed by atoms with E-state index in [-0.39, 0.29) is 11.4 Å². The minimum absolute atomic E-state index is 0.0395. The highest BCUT2D eigenvalue weighted by atomic mass is 16.6. The largest absolute Gasteiger partial charge is 0.291 e. The summed E-state index contributed by atoms with van der Waals surface area (Å²) in [6.07, 6.45) is 4.16. The zero-order valence-corrected chi connectivity index (χ0v) is 11.1. The zero-order valence-electron chi connectivity index (χ0n) is 11.1. The van der Waals surface area contributed by atoms with Crippen LogP contribution in [0.1, 0.15) is 23.0 Å². The van der Waals surface area contributed by atoms with Crippen molar-refractivity contribution in [2.24, 2.45) is 5.10 Å². The second-order valence-corrected chi connectivity index (χ2v) is 4.04. The molecule has 1 aromatic carbocycles. The van der Waals surface area contributed by atoms with E-state index in [1.165, 1.54) is 30.7 Å². The molecule has 0 bridgehead atoms. The lowest BCUT2D eigenvalue weighted by Gasteiger charge is -2.02. The Morgan fingerprint density at radius 2 is 2.19 bits per heavy atom. The number of carbonyl (C=O) groups is 1. The lowest BCUT2D eigenvalue weighted by Crippen LogP contribution is -2.20. The summed E-state index contributed by atoms with van der Waals surface area (Å²) in [4.78, 5) is 29.6. The van der Waals surface area contributed by atoms with E-state index in [9.17, 15) is 14.9 Å². The Bertz CT molecular complexity index is 700. The van der Waals surface area contributed by atoms with Crippen molar-refractivity contribution in [3.05, 3.63) is 64.2 Å². The maximum Gasteiger partial charge on any atom is 0.291 e. The van der Waals surface area contributed by atoms with Crippen LogP contribution in [0.4, 0.5) is 5.69 Å². The summed E-state index contributed by atoms with van der Waals surface area (Å²) in [6.45, 7) is 1.63. The lowest BCUT2D eigenvalue weighted by molar-refractivity contribution is -0.384. The molecule has 1 heterocycles. The SMILES string of the molecule is C/C(=N/NC(=O)c1cnccn1)c1cccc([N+](=O)[O-])c1. The molecule has 0 saturated carbocycles. The Kier molecular flexibility index (Phi) is 4.30. The summed E-state index contributed by atoms with van der Waals surface area (Å²) in [7, 11) is 0. The van der Waals surface area contributed by atoms with Gasteiger partial charge >= 0.3 is 0 Å². The number of hydrogen-bond acceptors (Lipinski definition) is 6. The number of hydrogen-bond donors (Lipinski definition) is 1. The molecular weight excluding hydrogens is 274 g/mol. The molecule has 1 amide bonds. The molecule has 2 aromatic rings. The molecule has 0 unspecified atom stereocenters. The van der Waals surface area contributed by atoms with Gasteiger partial charge in [0.25, 0.3) is 11.6 Å². The van der Waals surface area contributed by atoms with E-state index >= 15 is 0 Å². The van der Waals surface area contributed by atoms with E-state index in [1.807, 2.05) is 0 Å². The van der Waals surface area contributed by atoms with Crippen molar-refractivity contribution in [3.8, 4) is 0 Å². The minimum atomic E-state index is -0.507. The van der Waals surface area contributed by atoms with Gasteiger partial charge in [0, 0.05) is 30.1 Å². The molecule has 0 aliphatic heterocycles. The number of carbonyl (C=O) groups excluding carboxylic acids is 1. The molecule has 0 fully saturated rings. The Morgan fingerprint density at radius 1 is 1.38 bits per heavy atom. The summed E-state index contributed by atoms with van der Waals surface area (Å²) >= 11 is 0. The van der Waals surface area contributed by atoms with Gasteiger partial charge in [0.15, 0.2) is 0 Å². The number of non-ortho nitro benzene ring substituents is 1. The first-order valence-electron chi connectivity index (χ1n) is 5.93. The van der Waals surface area contributed by atoms with Crippen molar-refractivity contribution in [3.63, 3.8) is 0 Å². The Labute approximate surface area is 119 Å². The van der Waals surface area contributed by atoms with E-state index in [0.717, 1.165) is 0 Å². The molecule has 1 aromatic heterocycles. The normalized spacial score (nSPS) is 11.0. The molecule has 0 aliphatic carbocycles. The first kappa shape index (κ1) is 14.3.